The van der Waals surface area contributed by atoms with E-state index in [9.17, 15) is 4.79 Å². The van der Waals surface area contributed by atoms with E-state index in [1.807, 2.05) is 30.3 Å². The molecule has 0 spiro atoms. The van der Waals surface area contributed by atoms with Crippen molar-refractivity contribution in [2.24, 2.45) is 7.05 Å². The fourth-order valence-electron chi connectivity index (χ4n) is 1.92. The van der Waals surface area contributed by atoms with Crippen LogP contribution >= 0.6 is 0 Å². The smallest absolute Gasteiger partial charge is 0.284 e. The van der Waals surface area contributed by atoms with Crippen molar-refractivity contribution < 1.29 is 9.42 Å². The van der Waals surface area contributed by atoms with E-state index in [0.717, 1.165) is 11.3 Å². The number of hydrogen-bond donors (Lipinski definition) is 2. The molecule has 0 fully saturated rings. The highest BCUT2D eigenvalue weighted by Gasteiger charge is 2.18. The minimum Gasteiger partial charge on any atom is -0.379 e. The SMILES string of the molecule is Cn1c(-c2ccccc2)cnc1NC(=O)c1nonc1N. The van der Waals surface area contributed by atoms with Crippen molar-refractivity contribution in [2.75, 3.05) is 11.1 Å². The highest BCUT2D eigenvalue weighted by atomic mass is 16.6. The summed E-state index contributed by atoms with van der Waals surface area (Å²) >= 11 is 0. The molecule has 0 saturated carbocycles. The van der Waals surface area contributed by atoms with Crippen LogP contribution in [0, 0.1) is 0 Å². The number of rotatable bonds is 3. The number of carbonyl (C=O) groups is 1. The topological polar surface area (TPSA) is 112 Å². The van der Waals surface area contributed by atoms with Crippen LogP contribution in [0.2, 0.25) is 0 Å². The average molecular weight is 284 g/mol. The third-order valence-electron chi connectivity index (χ3n) is 3.01. The number of carbonyl (C=O) groups excluding carboxylic acids is 1. The van der Waals surface area contributed by atoms with E-state index in [4.69, 9.17) is 5.73 Å². The number of imidazole rings is 1. The Morgan fingerprint density at radius 2 is 2.05 bits per heavy atom. The van der Waals surface area contributed by atoms with Gasteiger partial charge in [-0.1, -0.05) is 30.3 Å². The van der Waals surface area contributed by atoms with Gasteiger partial charge in [0.25, 0.3) is 5.91 Å². The number of nitrogens with zero attached hydrogens (tertiary/aromatic N) is 4. The largest absolute Gasteiger partial charge is 0.379 e. The number of hydrogen-bond acceptors (Lipinski definition) is 6. The monoisotopic (exact) mass is 284 g/mol. The molecule has 8 nitrogen and oxygen atoms in total. The van der Waals surface area contributed by atoms with Crippen molar-refractivity contribution >= 4 is 17.7 Å². The molecule has 21 heavy (non-hydrogen) atoms. The Balaban J connectivity index is 1.87. The first-order valence-electron chi connectivity index (χ1n) is 6.13. The van der Waals surface area contributed by atoms with Crippen LogP contribution in [0.3, 0.4) is 0 Å². The molecule has 0 aliphatic heterocycles. The van der Waals surface area contributed by atoms with Crippen LogP contribution in [0.5, 0.6) is 0 Å². The lowest BCUT2D eigenvalue weighted by atomic mass is 10.2. The zero-order valence-corrected chi connectivity index (χ0v) is 11.1. The molecule has 8 heteroatoms. The molecule has 2 heterocycles. The standard InChI is InChI=1S/C13H12N6O2/c1-19-9(8-5-3-2-4-6-8)7-15-13(19)16-12(20)10-11(14)18-21-17-10/h2-7H,1H3,(H2,14,18)(H,15,16,20). The fraction of sp³-hybridized carbons (Fsp3) is 0.0769. The molecular weight excluding hydrogens is 272 g/mol. The number of benzene rings is 1. The summed E-state index contributed by atoms with van der Waals surface area (Å²) in [6.45, 7) is 0. The van der Waals surface area contributed by atoms with Crippen LogP contribution < -0.4 is 11.1 Å². The molecule has 106 valence electrons. The van der Waals surface area contributed by atoms with Crippen LogP contribution in [0.15, 0.2) is 41.2 Å². The minimum atomic E-state index is -0.526. The van der Waals surface area contributed by atoms with Gasteiger partial charge in [-0.15, -0.1) is 0 Å². The highest BCUT2D eigenvalue weighted by molar-refractivity contribution is 6.04. The number of aromatic nitrogens is 4. The zero-order valence-electron chi connectivity index (χ0n) is 11.1. The summed E-state index contributed by atoms with van der Waals surface area (Å²) in [5, 5.41) is 9.42. The molecule has 1 amide bonds. The molecule has 0 aliphatic rings. The van der Waals surface area contributed by atoms with Crippen LogP contribution in [-0.2, 0) is 7.05 Å². The maximum atomic E-state index is 12.0. The van der Waals surface area contributed by atoms with E-state index in [0.29, 0.717) is 5.95 Å². The second-order valence-electron chi connectivity index (χ2n) is 4.34. The van der Waals surface area contributed by atoms with Gasteiger partial charge in [0, 0.05) is 7.05 Å². The molecule has 1 aromatic carbocycles. The summed E-state index contributed by atoms with van der Waals surface area (Å²) in [5.74, 6) is -0.215. The molecule has 0 radical (unpaired) electrons. The van der Waals surface area contributed by atoms with Gasteiger partial charge >= 0.3 is 0 Å². The lowest BCUT2D eigenvalue weighted by molar-refractivity contribution is 0.101. The number of nitrogens with one attached hydrogen (secondary N) is 1. The first-order chi connectivity index (χ1) is 10.2. The molecule has 0 aliphatic carbocycles. The van der Waals surface area contributed by atoms with E-state index in [1.165, 1.54) is 0 Å². The van der Waals surface area contributed by atoms with E-state index in [1.54, 1.807) is 17.8 Å². The van der Waals surface area contributed by atoms with Crippen LogP contribution in [0.1, 0.15) is 10.5 Å². The lowest BCUT2D eigenvalue weighted by Crippen LogP contribution is -2.17. The molecule has 3 N–H and O–H groups in total. The maximum Gasteiger partial charge on any atom is 0.284 e. The molecule has 0 atom stereocenters. The van der Waals surface area contributed by atoms with Gasteiger partial charge in [-0.2, -0.15) is 0 Å². The van der Waals surface area contributed by atoms with Gasteiger partial charge in [0.1, 0.15) is 0 Å². The van der Waals surface area contributed by atoms with Gasteiger partial charge < -0.3 is 10.3 Å². The third-order valence-corrected chi connectivity index (χ3v) is 3.01. The predicted octanol–water partition coefficient (Wildman–Crippen LogP) is 1.30. The summed E-state index contributed by atoms with van der Waals surface area (Å²) in [7, 11) is 1.80. The van der Waals surface area contributed by atoms with Crippen LogP contribution in [-0.4, -0.2) is 25.8 Å². The molecule has 3 aromatic rings. The third kappa shape index (κ3) is 2.34. The quantitative estimate of drug-likeness (QED) is 0.749. The Kier molecular flexibility index (Phi) is 3.11. The van der Waals surface area contributed by atoms with Gasteiger partial charge in [0.05, 0.1) is 11.9 Å². The summed E-state index contributed by atoms with van der Waals surface area (Å²) in [5.41, 5.74) is 7.27. The zero-order chi connectivity index (χ0) is 14.8. The first-order valence-corrected chi connectivity index (χ1v) is 6.13. The van der Waals surface area contributed by atoms with Crippen molar-refractivity contribution in [3.05, 3.63) is 42.2 Å². The predicted molar refractivity (Wildman–Crippen MR) is 75.3 cm³/mol. The van der Waals surface area contributed by atoms with E-state index in [2.05, 4.69) is 25.2 Å². The number of nitrogens with two attached hydrogens (primary N) is 1. The van der Waals surface area contributed by atoms with E-state index >= 15 is 0 Å². The van der Waals surface area contributed by atoms with Crippen molar-refractivity contribution in [2.45, 2.75) is 0 Å². The number of amides is 1. The lowest BCUT2D eigenvalue weighted by Gasteiger charge is -2.06. The first kappa shape index (κ1) is 12.9. The van der Waals surface area contributed by atoms with Gasteiger partial charge in [-0.25, -0.2) is 9.61 Å². The second kappa shape index (κ2) is 5.08. The van der Waals surface area contributed by atoms with Crippen molar-refractivity contribution in [1.29, 1.82) is 0 Å². The molecule has 0 bridgehead atoms. The minimum absolute atomic E-state index is 0.0648. The molecule has 3 rings (SSSR count). The molecule has 0 unspecified atom stereocenters. The van der Waals surface area contributed by atoms with Crippen molar-refractivity contribution in [3.63, 3.8) is 0 Å². The van der Waals surface area contributed by atoms with Crippen molar-refractivity contribution in [1.82, 2.24) is 19.9 Å². The summed E-state index contributed by atoms with van der Waals surface area (Å²) < 4.78 is 6.16. The highest BCUT2D eigenvalue weighted by Crippen LogP contribution is 2.21. The Hall–Kier alpha value is -3.16. The Bertz CT molecular complexity index is 777. The molecule has 2 aromatic heterocycles. The maximum absolute atomic E-state index is 12.0. The molecular formula is C13H12N6O2. The summed E-state index contributed by atoms with van der Waals surface area (Å²) in [6.07, 6.45) is 1.68. The fourth-order valence-corrected chi connectivity index (χ4v) is 1.92. The van der Waals surface area contributed by atoms with Gasteiger partial charge in [-0.05, 0) is 15.9 Å². The summed E-state index contributed by atoms with van der Waals surface area (Å²) in [4.78, 5) is 16.2. The van der Waals surface area contributed by atoms with Crippen LogP contribution in [0.4, 0.5) is 11.8 Å². The normalized spacial score (nSPS) is 10.5. The van der Waals surface area contributed by atoms with Crippen LogP contribution in [0.25, 0.3) is 11.3 Å². The summed E-state index contributed by atoms with van der Waals surface area (Å²) in [6, 6.07) is 9.72. The Labute approximate surface area is 119 Å². The average Bonchev–Trinajstić information content (AvgIpc) is 3.07. The second-order valence-corrected chi connectivity index (χ2v) is 4.34. The van der Waals surface area contributed by atoms with Gasteiger partial charge in [-0.3, -0.25) is 10.1 Å². The van der Waals surface area contributed by atoms with Gasteiger partial charge in [0.2, 0.25) is 17.5 Å². The Morgan fingerprint density at radius 1 is 1.29 bits per heavy atom. The molecule has 0 saturated heterocycles. The van der Waals surface area contributed by atoms with E-state index in [-0.39, 0.29) is 11.5 Å². The van der Waals surface area contributed by atoms with Crippen molar-refractivity contribution in [3.8, 4) is 11.3 Å². The van der Waals surface area contributed by atoms with E-state index < -0.39 is 5.91 Å². The Morgan fingerprint density at radius 3 is 2.71 bits per heavy atom. The van der Waals surface area contributed by atoms with Gasteiger partial charge in [0.15, 0.2) is 0 Å². The number of anilines is 2. The number of nitrogen functional groups attached to an aromatic ring is 1.